The van der Waals surface area contributed by atoms with E-state index < -0.39 is 0 Å². The quantitative estimate of drug-likeness (QED) is 0.914. The van der Waals surface area contributed by atoms with Crippen molar-refractivity contribution in [3.8, 4) is 0 Å². The first-order valence-electron chi connectivity index (χ1n) is 5.96. The van der Waals surface area contributed by atoms with Crippen molar-refractivity contribution in [2.45, 2.75) is 39.3 Å². The Labute approximate surface area is 119 Å². The van der Waals surface area contributed by atoms with Crippen LogP contribution < -0.4 is 5.73 Å². The Hall–Kier alpha value is -0.790. The lowest BCUT2D eigenvalue weighted by atomic mass is 10.1. The molecule has 0 amide bonds. The van der Waals surface area contributed by atoms with Crippen molar-refractivity contribution in [3.63, 3.8) is 0 Å². The zero-order chi connectivity index (χ0) is 13.1. The summed E-state index contributed by atoms with van der Waals surface area (Å²) in [6.07, 6.45) is 3.67. The summed E-state index contributed by atoms with van der Waals surface area (Å²) in [7, 11) is 0. The van der Waals surface area contributed by atoms with Gasteiger partial charge in [-0.3, -0.25) is 4.68 Å². The van der Waals surface area contributed by atoms with Crippen LogP contribution in [0.15, 0.2) is 10.7 Å². The van der Waals surface area contributed by atoms with Crippen molar-refractivity contribution in [2.24, 2.45) is 5.73 Å². The molecule has 1 atom stereocenters. The molecule has 18 heavy (non-hydrogen) atoms. The van der Waals surface area contributed by atoms with Gasteiger partial charge in [0.15, 0.2) is 0 Å². The Balaban J connectivity index is 2.39. The Morgan fingerprint density at radius 3 is 2.94 bits per heavy atom. The highest BCUT2D eigenvalue weighted by molar-refractivity contribution is 9.10. The van der Waals surface area contributed by atoms with Gasteiger partial charge in [-0.1, -0.05) is 18.3 Å². The van der Waals surface area contributed by atoms with E-state index >= 15 is 0 Å². The molecule has 2 rings (SSSR count). The summed E-state index contributed by atoms with van der Waals surface area (Å²) >= 11 is 4.89. The van der Waals surface area contributed by atoms with Crippen LogP contribution in [-0.2, 0) is 13.0 Å². The number of nitrogens with two attached hydrogens (primary N) is 1. The van der Waals surface area contributed by atoms with Crippen LogP contribution in [0.25, 0.3) is 0 Å². The lowest BCUT2D eigenvalue weighted by Crippen LogP contribution is -2.18. The zero-order valence-electron chi connectivity index (χ0n) is 10.4. The van der Waals surface area contributed by atoms with E-state index in [0.717, 1.165) is 40.1 Å². The van der Waals surface area contributed by atoms with E-state index in [4.69, 9.17) is 5.73 Å². The van der Waals surface area contributed by atoms with Crippen LogP contribution in [0, 0.1) is 0 Å². The molecule has 2 aromatic rings. The molecular formula is C11H16BrN5S. The van der Waals surface area contributed by atoms with Crippen molar-refractivity contribution in [3.05, 3.63) is 26.9 Å². The van der Waals surface area contributed by atoms with Crippen LogP contribution in [0.2, 0.25) is 0 Å². The Kier molecular flexibility index (Phi) is 4.47. The molecule has 0 aliphatic heterocycles. The minimum absolute atomic E-state index is 0.219. The maximum absolute atomic E-state index is 6.35. The first kappa shape index (κ1) is 13.6. The molecule has 5 nitrogen and oxygen atoms in total. The van der Waals surface area contributed by atoms with E-state index in [2.05, 4.69) is 44.5 Å². The molecule has 7 heteroatoms. The van der Waals surface area contributed by atoms with E-state index in [-0.39, 0.29) is 6.04 Å². The summed E-state index contributed by atoms with van der Waals surface area (Å²) in [5.74, 6) is 0. The molecule has 98 valence electrons. The third kappa shape index (κ3) is 2.48. The topological polar surface area (TPSA) is 69.6 Å². The smallest absolute Gasteiger partial charge is 0.0863 e. The minimum atomic E-state index is -0.219. The average molecular weight is 330 g/mol. The number of aromatic nitrogens is 4. The molecule has 1 unspecified atom stereocenters. The highest BCUT2D eigenvalue weighted by Crippen LogP contribution is 2.30. The molecule has 2 heterocycles. The summed E-state index contributed by atoms with van der Waals surface area (Å²) in [4.78, 5) is 1.02. The van der Waals surface area contributed by atoms with Gasteiger partial charge in [-0.25, -0.2) is 0 Å². The first-order valence-corrected chi connectivity index (χ1v) is 7.53. The third-order valence-electron chi connectivity index (χ3n) is 2.77. The molecule has 2 N–H and O–H groups in total. The Morgan fingerprint density at radius 2 is 2.28 bits per heavy atom. The molecule has 0 radical (unpaired) electrons. The van der Waals surface area contributed by atoms with Crippen molar-refractivity contribution in [1.29, 1.82) is 0 Å². The van der Waals surface area contributed by atoms with E-state index in [0.29, 0.717) is 0 Å². The van der Waals surface area contributed by atoms with Crippen LogP contribution in [0.3, 0.4) is 0 Å². The van der Waals surface area contributed by atoms with E-state index in [1.807, 2.05) is 4.68 Å². The van der Waals surface area contributed by atoms with Gasteiger partial charge in [-0.15, -0.1) is 5.10 Å². The van der Waals surface area contributed by atoms with Gasteiger partial charge in [-0.05, 0) is 40.3 Å². The van der Waals surface area contributed by atoms with Crippen molar-refractivity contribution < 1.29 is 0 Å². The molecule has 2 aromatic heterocycles. The van der Waals surface area contributed by atoms with Gasteiger partial charge in [0.1, 0.15) is 0 Å². The van der Waals surface area contributed by atoms with Gasteiger partial charge in [0.05, 0.1) is 33.0 Å². The largest absolute Gasteiger partial charge is 0.318 e. The molecule has 0 aliphatic carbocycles. The van der Waals surface area contributed by atoms with Crippen LogP contribution in [0.1, 0.15) is 42.6 Å². The van der Waals surface area contributed by atoms with E-state index in [1.165, 1.54) is 11.5 Å². The molecule has 0 fully saturated rings. The second-order valence-electron chi connectivity index (χ2n) is 4.02. The Morgan fingerprint density at radius 1 is 1.50 bits per heavy atom. The number of hydrogen-bond acceptors (Lipinski definition) is 5. The predicted octanol–water partition coefficient (Wildman–Crippen LogP) is 2.52. The van der Waals surface area contributed by atoms with Crippen LogP contribution in [0.4, 0.5) is 0 Å². The fourth-order valence-corrected chi connectivity index (χ4v) is 3.18. The van der Waals surface area contributed by atoms with E-state index in [9.17, 15) is 0 Å². The normalized spacial score (nSPS) is 12.9. The second-order valence-corrected chi connectivity index (χ2v) is 5.66. The molecule has 0 aromatic carbocycles. The lowest BCUT2D eigenvalue weighted by Gasteiger charge is -2.13. The van der Waals surface area contributed by atoms with Gasteiger partial charge in [0.2, 0.25) is 0 Å². The van der Waals surface area contributed by atoms with Crippen molar-refractivity contribution in [1.82, 2.24) is 19.4 Å². The third-order valence-corrected chi connectivity index (χ3v) is 4.23. The van der Waals surface area contributed by atoms with Gasteiger partial charge in [-0.2, -0.15) is 5.10 Å². The first-order chi connectivity index (χ1) is 8.69. The number of nitrogens with zero attached hydrogens (tertiary/aromatic N) is 4. The van der Waals surface area contributed by atoms with Gasteiger partial charge in [0.25, 0.3) is 0 Å². The predicted molar refractivity (Wildman–Crippen MR) is 75.5 cm³/mol. The maximum Gasteiger partial charge on any atom is 0.0863 e. The summed E-state index contributed by atoms with van der Waals surface area (Å²) in [5.41, 5.74) is 8.33. The van der Waals surface area contributed by atoms with Gasteiger partial charge >= 0.3 is 0 Å². The molecular weight excluding hydrogens is 314 g/mol. The number of aryl methyl sites for hydroxylation is 2. The van der Waals surface area contributed by atoms with E-state index in [1.54, 1.807) is 6.20 Å². The summed E-state index contributed by atoms with van der Waals surface area (Å²) in [6, 6.07) is -0.219. The van der Waals surface area contributed by atoms with Gasteiger partial charge in [0, 0.05) is 6.54 Å². The number of hydrogen-bond donors (Lipinski definition) is 1. The van der Waals surface area contributed by atoms with Gasteiger partial charge < -0.3 is 5.73 Å². The molecule has 0 saturated heterocycles. The zero-order valence-corrected chi connectivity index (χ0v) is 12.8. The standard InChI is InChI=1S/C11H16BrN5S/c1-3-5-17-10(7(12)6-14-17)9(13)11-8(4-2)15-16-18-11/h6,9H,3-5,13H2,1-2H3. The van der Waals surface area contributed by atoms with Crippen LogP contribution in [-0.4, -0.2) is 19.4 Å². The molecule has 0 saturated carbocycles. The number of rotatable bonds is 5. The second kappa shape index (κ2) is 5.90. The monoisotopic (exact) mass is 329 g/mol. The van der Waals surface area contributed by atoms with Crippen molar-refractivity contribution >= 4 is 27.5 Å². The molecule has 0 aliphatic rings. The molecule has 0 spiro atoms. The summed E-state index contributed by atoms with van der Waals surface area (Å²) in [6.45, 7) is 5.05. The van der Waals surface area contributed by atoms with Crippen LogP contribution in [0.5, 0.6) is 0 Å². The SMILES string of the molecule is CCCn1ncc(Br)c1C(N)c1snnc1CC. The average Bonchev–Trinajstić information content (AvgIpc) is 2.96. The van der Waals surface area contributed by atoms with Crippen LogP contribution >= 0.6 is 27.5 Å². The highest BCUT2D eigenvalue weighted by atomic mass is 79.9. The lowest BCUT2D eigenvalue weighted by molar-refractivity contribution is 0.559. The highest BCUT2D eigenvalue weighted by Gasteiger charge is 2.22. The van der Waals surface area contributed by atoms with Crippen molar-refractivity contribution in [2.75, 3.05) is 0 Å². The summed E-state index contributed by atoms with van der Waals surface area (Å²) < 4.78 is 6.89. The molecule has 0 bridgehead atoms. The Bertz CT molecular complexity index is 521. The minimum Gasteiger partial charge on any atom is -0.318 e. The number of halogens is 1. The summed E-state index contributed by atoms with van der Waals surface area (Å²) in [5, 5.41) is 8.46. The fourth-order valence-electron chi connectivity index (χ4n) is 1.89. The maximum atomic E-state index is 6.35. The fraction of sp³-hybridized carbons (Fsp3) is 0.545.